The summed E-state index contributed by atoms with van der Waals surface area (Å²) in [7, 11) is 0. The first kappa shape index (κ1) is 25.3. The zero-order chi connectivity index (χ0) is 23.3. The number of aryl methyl sites for hydroxylation is 1. The lowest BCUT2D eigenvalue weighted by atomic mass is 10.0. The van der Waals surface area contributed by atoms with Crippen LogP contribution in [0.4, 0.5) is 0 Å². The number of hydrogen-bond acceptors (Lipinski definition) is 6. The number of carboxylic acids is 2. The first-order valence-corrected chi connectivity index (χ1v) is 10.9. The van der Waals surface area contributed by atoms with E-state index in [-0.39, 0.29) is 5.91 Å². The van der Waals surface area contributed by atoms with E-state index in [4.69, 9.17) is 5.84 Å². The van der Waals surface area contributed by atoms with Crippen LogP contribution in [0, 0.1) is 0 Å². The lowest BCUT2D eigenvalue weighted by molar-refractivity contribution is -0.149. The van der Waals surface area contributed by atoms with Crippen molar-refractivity contribution in [2.75, 3.05) is 13.1 Å². The third-order valence-electron chi connectivity index (χ3n) is 5.58. The quantitative estimate of drug-likeness (QED) is 0.0920. The summed E-state index contributed by atoms with van der Waals surface area (Å²) in [5.74, 6) is 2.71. The van der Waals surface area contributed by atoms with Crippen LogP contribution in [0.5, 0.6) is 0 Å². The summed E-state index contributed by atoms with van der Waals surface area (Å²) in [5.41, 5.74) is 3.33. The van der Waals surface area contributed by atoms with E-state index >= 15 is 0 Å². The third kappa shape index (κ3) is 7.93. The van der Waals surface area contributed by atoms with E-state index in [2.05, 4.69) is 15.7 Å². The Labute approximate surface area is 187 Å². The summed E-state index contributed by atoms with van der Waals surface area (Å²) in [6.45, 7) is 0.880. The van der Waals surface area contributed by atoms with Crippen LogP contribution in [-0.4, -0.2) is 70.5 Å². The predicted octanol–water partition coefficient (Wildman–Crippen LogP) is 0.768. The molecule has 0 radical (unpaired) electrons. The molecule has 0 spiro atoms. The monoisotopic (exact) mass is 447 g/mol. The van der Waals surface area contributed by atoms with Gasteiger partial charge in [0.05, 0.1) is 12.4 Å². The Morgan fingerprint density at radius 2 is 1.91 bits per heavy atom. The van der Waals surface area contributed by atoms with Gasteiger partial charge in [0, 0.05) is 13.1 Å². The summed E-state index contributed by atoms with van der Waals surface area (Å²) >= 11 is 0. The fourth-order valence-electron chi connectivity index (χ4n) is 3.91. The smallest absolute Gasteiger partial charge is 0.326 e. The summed E-state index contributed by atoms with van der Waals surface area (Å²) < 4.78 is 0. The molecule has 6 N–H and O–H groups in total. The fourth-order valence-corrected chi connectivity index (χ4v) is 3.91. The molecule has 0 bridgehead atoms. The molecule has 176 valence electrons. The number of carboxylic acid groups (broad SMARTS) is 2. The number of likely N-dealkylation sites (tertiary alicyclic amines) is 1. The largest absolute Gasteiger partial charge is 0.480 e. The van der Waals surface area contributed by atoms with Gasteiger partial charge in [0.2, 0.25) is 5.91 Å². The molecule has 1 fully saturated rings. The molecular weight excluding hydrogens is 414 g/mol. The van der Waals surface area contributed by atoms with Gasteiger partial charge >= 0.3 is 11.9 Å². The Kier molecular flexibility index (Phi) is 10.6. The molecule has 1 aromatic carbocycles. The van der Waals surface area contributed by atoms with Gasteiger partial charge in [0.15, 0.2) is 0 Å². The van der Waals surface area contributed by atoms with Crippen LogP contribution in [0.15, 0.2) is 35.3 Å². The number of hydrazine groups is 1. The number of hydrogen-bond donors (Lipinski definition) is 5. The van der Waals surface area contributed by atoms with Crippen LogP contribution in [0.3, 0.4) is 0 Å². The molecule has 10 heteroatoms. The van der Waals surface area contributed by atoms with E-state index in [9.17, 15) is 24.6 Å². The zero-order valence-electron chi connectivity index (χ0n) is 18.2. The molecule has 32 heavy (non-hydrogen) atoms. The van der Waals surface area contributed by atoms with Gasteiger partial charge in [-0.15, -0.1) is 0 Å². The van der Waals surface area contributed by atoms with Crippen LogP contribution < -0.4 is 16.6 Å². The maximum absolute atomic E-state index is 13.2. The normalized spacial score (nSPS) is 17.9. The van der Waals surface area contributed by atoms with Crippen molar-refractivity contribution in [1.29, 1.82) is 0 Å². The Bertz CT molecular complexity index is 773. The SMILES string of the molecule is NNC=NCCCC[C@H](N[C@@H](CCc1ccccc1)C(=O)O)C(=O)N1CCC[C@H]1C(=O)O. The molecule has 0 aromatic heterocycles. The number of nitrogens with one attached hydrogen (secondary N) is 2. The molecule has 10 nitrogen and oxygen atoms in total. The first-order valence-electron chi connectivity index (χ1n) is 10.9. The number of aliphatic carboxylic acids is 2. The van der Waals surface area contributed by atoms with E-state index in [1.807, 2.05) is 30.3 Å². The second-order valence-corrected chi connectivity index (χ2v) is 7.86. The van der Waals surface area contributed by atoms with Crippen molar-refractivity contribution in [1.82, 2.24) is 15.6 Å². The van der Waals surface area contributed by atoms with Gasteiger partial charge in [0.25, 0.3) is 0 Å². The second kappa shape index (κ2) is 13.4. The molecule has 1 amide bonds. The maximum atomic E-state index is 13.2. The highest BCUT2D eigenvalue weighted by Crippen LogP contribution is 2.20. The number of unbranched alkanes of at least 4 members (excludes halogenated alkanes) is 1. The van der Waals surface area contributed by atoms with Gasteiger partial charge in [-0.05, 0) is 50.5 Å². The van der Waals surface area contributed by atoms with E-state index in [1.165, 1.54) is 11.2 Å². The average Bonchev–Trinajstić information content (AvgIpc) is 3.28. The molecular formula is C22H33N5O5. The molecule has 1 saturated heterocycles. The van der Waals surface area contributed by atoms with Gasteiger partial charge in [-0.2, -0.15) is 0 Å². The molecule has 1 heterocycles. The molecule has 1 aromatic rings. The number of amides is 1. The Morgan fingerprint density at radius 1 is 1.16 bits per heavy atom. The number of aliphatic imine (C=N–C) groups is 1. The highest BCUT2D eigenvalue weighted by Gasteiger charge is 2.38. The maximum Gasteiger partial charge on any atom is 0.326 e. The summed E-state index contributed by atoms with van der Waals surface area (Å²) in [6.07, 6.45) is 4.98. The number of nitrogens with two attached hydrogens (primary N) is 1. The fraction of sp³-hybridized carbons (Fsp3) is 0.545. The summed E-state index contributed by atoms with van der Waals surface area (Å²) in [6, 6.07) is 6.99. The van der Waals surface area contributed by atoms with Crippen LogP contribution in [-0.2, 0) is 20.8 Å². The molecule has 1 aliphatic rings. The van der Waals surface area contributed by atoms with Crippen molar-refractivity contribution < 1.29 is 24.6 Å². The van der Waals surface area contributed by atoms with Crippen LogP contribution in [0.1, 0.15) is 44.1 Å². The summed E-state index contributed by atoms with van der Waals surface area (Å²) in [4.78, 5) is 42.1. The standard InChI is InChI=1S/C22H33N5O5/c23-25-15-24-13-5-4-9-17(20(28)27-14-6-10-19(27)22(31)32)26-18(21(29)30)12-11-16-7-2-1-3-8-16/h1-3,7-8,15,17-19,26H,4-6,9-14,23H2,(H,24,25)(H,29,30)(H,31,32)/t17-,18-,19-/m0/s1. The van der Waals surface area contributed by atoms with E-state index in [1.54, 1.807) is 0 Å². The highest BCUT2D eigenvalue weighted by molar-refractivity contribution is 5.88. The van der Waals surface area contributed by atoms with Crippen LogP contribution in [0.2, 0.25) is 0 Å². The molecule has 2 rings (SSSR count). The molecule has 0 aliphatic carbocycles. The van der Waals surface area contributed by atoms with Crippen molar-refractivity contribution in [3.05, 3.63) is 35.9 Å². The van der Waals surface area contributed by atoms with E-state index in [0.717, 1.165) is 5.56 Å². The number of benzene rings is 1. The number of carbonyl (C=O) groups excluding carboxylic acids is 1. The third-order valence-corrected chi connectivity index (χ3v) is 5.58. The predicted molar refractivity (Wildman–Crippen MR) is 120 cm³/mol. The van der Waals surface area contributed by atoms with Gasteiger partial charge in [-0.3, -0.25) is 19.9 Å². The molecule has 0 saturated carbocycles. The number of nitrogens with zero attached hydrogens (tertiary/aromatic N) is 2. The lowest BCUT2D eigenvalue weighted by Crippen LogP contribution is -2.54. The van der Waals surface area contributed by atoms with Crippen molar-refractivity contribution in [2.45, 2.75) is 63.1 Å². The van der Waals surface area contributed by atoms with Gasteiger partial charge in [-0.1, -0.05) is 30.3 Å². The van der Waals surface area contributed by atoms with Crippen LogP contribution in [0.25, 0.3) is 0 Å². The molecule has 3 atom stereocenters. The zero-order valence-corrected chi connectivity index (χ0v) is 18.2. The van der Waals surface area contributed by atoms with E-state index < -0.39 is 30.1 Å². The number of carbonyl (C=O) groups is 3. The van der Waals surface area contributed by atoms with E-state index in [0.29, 0.717) is 58.0 Å². The number of rotatable bonds is 14. The topological polar surface area (TPSA) is 157 Å². The van der Waals surface area contributed by atoms with Gasteiger partial charge in [0.1, 0.15) is 12.1 Å². The van der Waals surface area contributed by atoms with Crippen molar-refractivity contribution in [3.63, 3.8) is 0 Å². The van der Waals surface area contributed by atoms with Crippen molar-refractivity contribution in [2.24, 2.45) is 10.8 Å². The average molecular weight is 448 g/mol. The Hall–Kier alpha value is -2.98. The van der Waals surface area contributed by atoms with Crippen LogP contribution >= 0.6 is 0 Å². The first-order chi connectivity index (χ1) is 15.4. The second-order valence-electron chi connectivity index (χ2n) is 7.86. The van der Waals surface area contributed by atoms with Crippen molar-refractivity contribution >= 4 is 24.2 Å². The summed E-state index contributed by atoms with van der Waals surface area (Å²) in [5, 5.41) is 22.2. The minimum Gasteiger partial charge on any atom is -0.480 e. The Morgan fingerprint density at radius 3 is 2.56 bits per heavy atom. The van der Waals surface area contributed by atoms with Gasteiger partial charge in [-0.25, -0.2) is 10.6 Å². The molecule has 0 unspecified atom stereocenters. The lowest BCUT2D eigenvalue weighted by Gasteiger charge is -2.29. The Balaban J connectivity index is 2.06. The molecule has 1 aliphatic heterocycles. The minimum absolute atomic E-state index is 0.317. The van der Waals surface area contributed by atoms with Gasteiger partial charge < -0.3 is 20.5 Å². The van der Waals surface area contributed by atoms with Crippen molar-refractivity contribution in [3.8, 4) is 0 Å². The highest BCUT2D eigenvalue weighted by atomic mass is 16.4. The minimum atomic E-state index is -1.03.